The molecule has 1 aliphatic carbocycles. The van der Waals surface area contributed by atoms with Gasteiger partial charge in [0.15, 0.2) is 5.82 Å². The molecule has 0 aliphatic heterocycles. The van der Waals surface area contributed by atoms with Gasteiger partial charge in [0.2, 0.25) is 0 Å². The van der Waals surface area contributed by atoms with Crippen molar-refractivity contribution < 1.29 is 5.11 Å². The monoisotopic (exact) mass is 179 g/mol. The second-order valence-corrected chi connectivity index (χ2v) is 3.34. The maximum absolute atomic E-state index is 8.80. The van der Waals surface area contributed by atoms with Crippen molar-refractivity contribution >= 4 is 5.82 Å². The van der Waals surface area contributed by atoms with Crippen LogP contribution < -0.4 is 5.32 Å². The highest BCUT2D eigenvalue weighted by atomic mass is 16.3. The Morgan fingerprint density at radius 1 is 1.54 bits per heavy atom. The van der Waals surface area contributed by atoms with Crippen LogP contribution in [0.2, 0.25) is 0 Å². The fourth-order valence-corrected chi connectivity index (χ4v) is 1.14. The molecular formula is C9H13N3O. The number of hydrogen-bond acceptors (Lipinski definition) is 4. The number of hydrogen-bond donors (Lipinski definition) is 2. The highest BCUT2D eigenvalue weighted by molar-refractivity contribution is 5.33. The van der Waals surface area contributed by atoms with Crippen LogP contribution in [0.5, 0.6) is 0 Å². The van der Waals surface area contributed by atoms with E-state index in [4.69, 9.17) is 5.11 Å². The summed E-state index contributed by atoms with van der Waals surface area (Å²) in [5, 5.41) is 12.0. The summed E-state index contributed by atoms with van der Waals surface area (Å²) in [6.45, 7) is 0.890. The molecule has 0 aromatic carbocycles. The predicted octanol–water partition coefficient (Wildman–Crippen LogP) is 0.791. The number of nitrogens with zero attached hydrogens (tertiary/aromatic N) is 2. The second-order valence-electron chi connectivity index (χ2n) is 3.34. The molecule has 2 N–H and O–H groups in total. The fraction of sp³-hybridized carbons (Fsp3) is 0.556. The van der Waals surface area contributed by atoms with Gasteiger partial charge in [0.05, 0.1) is 0 Å². The second kappa shape index (κ2) is 3.70. The Morgan fingerprint density at radius 2 is 2.38 bits per heavy atom. The molecule has 1 aromatic heterocycles. The zero-order chi connectivity index (χ0) is 9.10. The lowest BCUT2D eigenvalue weighted by Gasteiger charge is -2.04. The summed E-state index contributed by atoms with van der Waals surface area (Å²) < 4.78 is 0. The number of anilines is 1. The van der Waals surface area contributed by atoms with Crippen molar-refractivity contribution in [1.29, 1.82) is 0 Å². The van der Waals surface area contributed by atoms with Crippen LogP contribution in [0, 0.1) is 5.92 Å². The van der Waals surface area contributed by atoms with Gasteiger partial charge in [0.1, 0.15) is 12.4 Å². The van der Waals surface area contributed by atoms with E-state index in [1.807, 2.05) is 6.07 Å². The molecule has 0 spiro atoms. The van der Waals surface area contributed by atoms with Crippen LogP contribution in [0.15, 0.2) is 12.3 Å². The molecule has 1 aliphatic rings. The third kappa shape index (κ3) is 2.39. The van der Waals surface area contributed by atoms with Crippen LogP contribution in [-0.2, 0) is 6.61 Å². The van der Waals surface area contributed by atoms with Crippen LogP contribution in [-0.4, -0.2) is 21.6 Å². The standard InChI is InChI=1S/C9H13N3O/c13-6-9-10-4-3-8(12-9)11-5-7-1-2-7/h3-4,7,13H,1-2,5-6H2,(H,10,11,12). The molecule has 13 heavy (non-hydrogen) atoms. The molecular weight excluding hydrogens is 166 g/mol. The van der Waals surface area contributed by atoms with Crippen molar-refractivity contribution in [3.8, 4) is 0 Å². The summed E-state index contributed by atoms with van der Waals surface area (Å²) in [5.41, 5.74) is 0. The number of aliphatic hydroxyl groups excluding tert-OH is 1. The van der Waals surface area contributed by atoms with Gasteiger partial charge in [-0.1, -0.05) is 0 Å². The molecule has 0 amide bonds. The Kier molecular flexibility index (Phi) is 2.40. The van der Waals surface area contributed by atoms with Gasteiger partial charge in [-0.05, 0) is 24.8 Å². The minimum Gasteiger partial charge on any atom is -0.388 e. The number of aliphatic hydroxyl groups is 1. The van der Waals surface area contributed by atoms with Crippen molar-refractivity contribution in [3.63, 3.8) is 0 Å². The van der Waals surface area contributed by atoms with E-state index in [-0.39, 0.29) is 6.61 Å². The van der Waals surface area contributed by atoms with Gasteiger partial charge in [-0.2, -0.15) is 0 Å². The molecule has 70 valence electrons. The van der Waals surface area contributed by atoms with Crippen molar-refractivity contribution in [3.05, 3.63) is 18.1 Å². The normalized spacial score (nSPS) is 15.8. The van der Waals surface area contributed by atoms with Crippen molar-refractivity contribution in [2.24, 2.45) is 5.92 Å². The molecule has 0 atom stereocenters. The summed E-state index contributed by atoms with van der Waals surface area (Å²) in [6, 6.07) is 1.82. The largest absolute Gasteiger partial charge is 0.388 e. The van der Waals surface area contributed by atoms with Gasteiger partial charge in [0, 0.05) is 12.7 Å². The molecule has 1 fully saturated rings. The van der Waals surface area contributed by atoms with E-state index in [2.05, 4.69) is 15.3 Å². The summed E-state index contributed by atoms with van der Waals surface area (Å²) in [5.74, 6) is 2.11. The smallest absolute Gasteiger partial charge is 0.156 e. The van der Waals surface area contributed by atoms with E-state index in [0.717, 1.165) is 18.3 Å². The highest BCUT2D eigenvalue weighted by Crippen LogP contribution is 2.28. The summed E-state index contributed by atoms with van der Waals surface area (Å²) in [6.07, 6.45) is 4.31. The van der Waals surface area contributed by atoms with Gasteiger partial charge in [0.25, 0.3) is 0 Å². The van der Waals surface area contributed by atoms with Crippen LogP contribution >= 0.6 is 0 Å². The quantitative estimate of drug-likeness (QED) is 0.717. The minimum absolute atomic E-state index is 0.0983. The molecule has 2 rings (SSSR count). The van der Waals surface area contributed by atoms with Gasteiger partial charge in [-0.15, -0.1) is 0 Å². The van der Waals surface area contributed by atoms with E-state index in [9.17, 15) is 0 Å². The first-order chi connectivity index (χ1) is 6.38. The maximum Gasteiger partial charge on any atom is 0.156 e. The molecule has 1 saturated carbocycles. The molecule has 0 unspecified atom stereocenters. The van der Waals surface area contributed by atoms with E-state index in [1.54, 1.807) is 6.20 Å². The first kappa shape index (κ1) is 8.44. The van der Waals surface area contributed by atoms with E-state index < -0.39 is 0 Å². The van der Waals surface area contributed by atoms with Crippen LogP contribution in [0.4, 0.5) is 5.82 Å². The zero-order valence-electron chi connectivity index (χ0n) is 7.40. The fourth-order valence-electron chi connectivity index (χ4n) is 1.14. The van der Waals surface area contributed by atoms with Gasteiger partial charge >= 0.3 is 0 Å². The molecule has 4 nitrogen and oxygen atoms in total. The lowest BCUT2D eigenvalue weighted by molar-refractivity contribution is 0.271. The molecule has 1 aromatic rings. The Bertz CT molecular complexity index is 286. The summed E-state index contributed by atoms with van der Waals surface area (Å²) in [7, 11) is 0. The number of aromatic nitrogens is 2. The molecule has 0 saturated heterocycles. The number of nitrogens with one attached hydrogen (secondary N) is 1. The SMILES string of the molecule is OCc1nccc(NCC2CC2)n1. The Labute approximate surface area is 77.0 Å². The highest BCUT2D eigenvalue weighted by Gasteiger charge is 2.20. The minimum atomic E-state index is -0.0983. The van der Waals surface area contributed by atoms with E-state index in [1.165, 1.54) is 12.8 Å². The van der Waals surface area contributed by atoms with Gasteiger partial charge < -0.3 is 10.4 Å². The third-order valence-corrected chi connectivity index (χ3v) is 2.12. The maximum atomic E-state index is 8.80. The van der Waals surface area contributed by atoms with Crippen molar-refractivity contribution in [2.45, 2.75) is 19.4 Å². The van der Waals surface area contributed by atoms with Gasteiger partial charge in [-0.25, -0.2) is 9.97 Å². The van der Waals surface area contributed by atoms with E-state index in [0.29, 0.717) is 5.82 Å². The van der Waals surface area contributed by atoms with Crippen LogP contribution in [0.1, 0.15) is 18.7 Å². The lowest BCUT2D eigenvalue weighted by Crippen LogP contribution is -2.06. The third-order valence-electron chi connectivity index (χ3n) is 2.12. The van der Waals surface area contributed by atoms with E-state index >= 15 is 0 Å². The lowest BCUT2D eigenvalue weighted by atomic mass is 10.4. The van der Waals surface area contributed by atoms with Crippen LogP contribution in [0.25, 0.3) is 0 Å². The summed E-state index contributed by atoms with van der Waals surface area (Å²) >= 11 is 0. The first-order valence-electron chi connectivity index (χ1n) is 4.55. The zero-order valence-corrected chi connectivity index (χ0v) is 7.40. The number of rotatable bonds is 4. The van der Waals surface area contributed by atoms with Crippen LogP contribution in [0.3, 0.4) is 0 Å². The first-order valence-corrected chi connectivity index (χ1v) is 4.55. The summed E-state index contributed by atoms with van der Waals surface area (Å²) in [4.78, 5) is 8.02. The average molecular weight is 179 g/mol. The molecule has 0 bridgehead atoms. The predicted molar refractivity (Wildman–Crippen MR) is 49.2 cm³/mol. The topological polar surface area (TPSA) is 58.0 Å². The Morgan fingerprint density at radius 3 is 3.08 bits per heavy atom. The van der Waals surface area contributed by atoms with Crippen molar-refractivity contribution in [1.82, 2.24) is 9.97 Å². The molecule has 0 radical (unpaired) electrons. The Balaban J connectivity index is 1.93. The van der Waals surface area contributed by atoms with Crippen molar-refractivity contribution in [2.75, 3.05) is 11.9 Å². The van der Waals surface area contributed by atoms with Gasteiger partial charge in [-0.3, -0.25) is 0 Å². The molecule has 4 heteroatoms. The Hall–Kier alpha value is -1.16. The molecule has 1 heterocycles. The average Bonchev–Trinajstić information content (AvgIpc) is 2.99.